The number of aliphatic hydroxyl groups is 1. The summed E-state index contributed by atoms with van der Waals surface area (Å²) in [7, 11) is 0. The minimum Gasteiger partial charge on any atom is -0.394 e. The van der Waals surface area contributed by atoms with Crippen molar-refractivity contribution < 1.29 is 9.90 Å². The zero-order chi connectivity index (χ0) is 11.4. The lowest BCUT2D eigenvalue weighted by molar-refractivity contribution is 0.144. The number of hydrogen-bond donors (Lipinski definition) is 2. The molecule has 1 fully saturated rings. The summed E-state index contributed by atoms with van der Waals surface area (Å²) in [5.41, 5.74) is 0. The van der Waals surface area contributed by atoms with Crippen molar-refractivity contribution in [3.63, 3.8) is 0 Å². The molecule has 0 unspecified atom stereocenters. The lowest BCUT2D eigenvalue weighted by Crippen LogP contribution is -2.45. The van der Waals surface area contributed by atoms with Crippen LogP contribution in [0.25, 0.3) is 0 Å². The number of amides is 2. The molecule has 1 heterocycles. The highest BCUT2D eigenvalue weighted by molar-refractivity contribution is 9.11. The molecule has 0 radical (unpaired) electrons. The summed E-state index contributed by atoms with van der Waals surface area (Å²) in [6.07, 6.45) is 0.952. The topological polar surface area (TPSA) is 52.6 Å². The van der Waals surface area contributed by atoms with Crippen molar-refractivity contribution in [2.75, 3.05) is 19.7 Å². The molecular weight excluding hydrogens is 260 g/mol. The Kier molecular flexibility index (Phi) is 4.60. The SMILES string of the molecule is C=C(Br)CNC(=O)N1CC[C@H](C)[C@@H]1CO. The summed E-state index contributed by atoms with van der Waals surface area (Å²) < 4.78 is 0.739. The fraction of sp³-hybridized carbons (Fsp3) is 0.700. The summed E-state index contributed by atoms with van der Waals surface area (Å²) in [5.74, 6) is 0.368. The lowest BCUT2D eigenvalue weighted by atomic mass is 10.0. The highest BCUT2D eigenvalue weighted by Crippen LogP contribution is 2.23. The standard InChI is InChI=1S/C10H17BrN2O2/c1-7-3-4-13(9(7)6-14)10(15)12-5-8(2)11/h7,9,14H,2-6H2,1H3,(H,12,15)/t7-,9-/m0/s1. The maximum Gasteiger partial charge on any atom is 0.318 e. The van der Waals surface area contributed by atoms with Crippen molar-refractivity contribution in [1.29, 1.82) is 0 Å². The summed E-state index contributed by atoms with van der Waals surface area (Å²) in [6.45, 7) is 6.86. The molecule has 0 spiro atoms. The molecule has 0 bridgehead atoms. The summed E-state index contributed by atoms with van der Waals surface area (Å²) >= 11 is 3.18. The normalized spacial score (nSPS) is 25.4. The molecule has 0 aromatic heterocycles. The monoisotopic (exact) mass is 276 g/mol. The number of halogens is 1. The van der Waals surface area contributed by atoms with Crippen LogP contribution in [0.15, 0.2) is 11.1 Å². The number of urea groups is 1. The molecular formula is C10H17BrN2O2. The Bertz CT molecular complexity index is 258. The average molecular weight is 277 g/mol. The van der Waals surface area contributed by atoms with E-state index >= 15 is 0 Å². The Morgan fingerprint density at radius 3 is 2.93 bits per heavy atom. The smallest absolute Gasteiger partial charge is 0.318 e. The minimum absolute atomic E-state index is 0.0316. The number of aliphatic hydroxyl groups excluding tert-OH is 1. The van der Waals surface area contributed by atoms with Gasteiger partial charge in [0.15, 0.2) is 0 Å². The van der Waals surface area contributed by atoms with Gasteiger partial charge in [-0.05, 0) is 12.3 Å². The van der Waals surface area contributed by atoms with Gasteiger partial charge in [0.2, 0.25) is 0 Å². The zero-order valence-corrected chi connectivity index (χ0v) is 10.5. The molecule has 2 amide bonds. The number of nitrogens with zero attached hydrogens (tertiary/aromatic N) is 1. The third kappa shape index (κ3) is 3.21. The van der Waals surface area contributed by atoms with E-state index < -0.39 is 0 Å². The molecule has 4 nitrogen and oxygen atoms in total. The van der Waals surface area contributed by atoms with E-state index in [1.165, 1.54) is 0 Å². The van der Waals surface area contributed by atoms with Crippen LogP contribution in [0.3, 0.4) is 0 Å². The number of nitrogens with one attached hydrogen (secondary N) is 1. The van der Waals surface area contributed by atoms with E-state index in [4.69, 9.17) is 0 Å². The van der Waals surface area contributed by atoms with E-state index in [2.05, 4.69) is 34.7 Å². The van der Waals surface area contributed by atoms with Crippen LogP contribution in [0.5, 0.6) is 0 Å². The maximum absolute atomic E-state index is 11.7. The Hall–Kier alpha value is -0.550. The van der Waals surface area contributed by atoms with Gasteiger partial charge < -0.3 is 15.3 Å². The minimum atomic E-state index is -0.126. The van der Waals surface area contributed by atoms with E-state index in [0.717, 1.165) is 10.9 Å². The molecule has 1 rings (SSSR count). The van der Waals surface area contributed by atoms with Crippen LogP contribution >= 0.6 is 15.9 Å². The van der Waals surface area contributed by atoms with Crippen molar-refractivity contribution in [2.24, 2.45) is 5.92 Å². The first-order valence-corrected chi connectivity index (χ1v) is 5.84. The van der Waals surface area contributed by atoms with Crippen LogP contribution in [-0.4, -0.2) is 41.8 Å². The number of carbonyl (C=O) groups is 1. The fourth-order valence-corrected chi connectivity index (χ4v) is 1.95. The Labute approximate surface area is 98.5 Å². The van der Waals surface area contributed by atoms with Gasteiger partial charge in [-0.25, -0.2) is 4.79 Å². The van der Waals surface area contributed by atoms with Crippen LogP contribution in [0.2, 0.25) is 0 Å². The van der Waals surface area contributed by atoms with Crippen molar-refractivity contribution in [2.45, 2.75) is 19.4 Å². The molecule has 15 heavy (non-hydrogen) atoms. The second-order valence-corrected chi connectivity index (χ2v) is 5.01. The van der Waals surface area contributed by atoms with Gasteiger partial charge in [0.1, 0.15) is 0 Å². The van der Waals surface area contributed by atoms with Gasteiger partial charge in [-0.1, -0.05) is 29.4 Å². The molecule has 1 aliphatic rings. The van der Waals surface area contributed by atoms with Crippen LogP contribution in [0, 0.1) is 5.92 Å². The number of rotatable bonds is 3. The predicted molar refractivity (Wildman–Crippen MR) is 62.8 cm³/mol. The molecule has 2 atom stereocenters. The molecule has 0 aromatic carbocycles. The van der Waals surface area contributed by atoms with Crippen molar-refractivity contribution in [1.82, 2.24) is 10.2 Å². The lowest BCUT2D eigenvalue weighted by Gasteiger charge is -2.25. The third-order valence-corrected chi connectivity index (χ3v) is 3.04. The van der Waals surface area contributed by atoms with E-state index in [9.17, 15) is 9.90 Å². The van der Waals surface area contributed by atoms with Crippen LogP contribution in [0.1, 0.15) is 13.3 Å². The average Bonchev–Trinajstić information content (AvgIpc) is 2.55. The highest BCUT2D eigenvalue weighted by Gasteiger charge is 2.33. The van der Waals surface area contributed by atoms with Gasteiger partial charge in [0.05, 0.1) is 19.2 Å². The molecule has 0 saturated carbocycles. The first-order valence-electron chi connectivity index (χ1n) is 5.05. The van der Waals surface area contributed by atoms with Crippen LogP contribution in [-0.2, 0) is 0 Å². The highest BCUT2D eigenvalue weighted by atomic mass is 79.9. The van der Waals surface area contributed by atoms with Gasteiger partial charge in [-0.2, -0.15) is 0 Å². The largest absolute Gasteiger partial charge is 0.394 e. The second kappa shape index (κ2) is 5.51. The predicted octanol–water partition coefficient (Wildman–Crippen LogP) is 1.31. The number of likely N-dealkylation sites (tertiary alicyclic amines) is 1. The van der Waals surface area contributed by atoms with Crippen LogP contribution < -0.4 is 5.32 Å². The van der Waals surface area contributed by atoms with Gasteiger partial charge in [-0.3, -0.25) is 0 Å². The fourth-order valence-electron chi connectivity index (χ4n) is 1.81. The van der Waals surface area contributed by atoms with Gasteiger partial charge >= 0.3 is 6.03 Å². The van der Waals surface area contributed by atoms with E-state index in [-0.39, 0.29) is 18.7 Å². The van der Waals surface area contributed by atoms with E-state index in [1.807, 2.05) is 0 Å². The molecule has 2 N–H and O–H groups in total. The maximum atomic E-state index is 11.7. The third-order valence-electron chi connectivity index (χ3n) is 2.76. The van der Waals surface area contributed by atoms with Gasteiger partial charge in [0, 0.05) is 11.0 Å². The molecule has 0 aromatic rings. The Morgan fingerprint density at radius 2 is 2.40 bits per heavy atom. The van der Waals surface area contributed by atoms with E-state index in [0.29, 0.717) is 19.0 Å². The number of carbonyl (C=O) groups excluding carboxylic acids is 1. The molecule has 1 saturated heterocycles. The first-order chi connectivity index (χ1) is 7.06. The summed E-state index contributed by atoms with van der Waals surface area (Å²) in [5, 5.41) is 11.9. The van der Waals surface area contributed by atoms with Crippen molar-refractivity contribution in [3.8, 4) is 0 Å². The van der Waals surface area contributed by atoms with E-state index in [1.54, 1.807) is 4.90 Å². The van der Waals surface area contributed by atoms with Crippen molar-refractivity contribution in [3.05, 3.63) is 11.1 Å². The van der Waals surface area contributed by atoms with Gasteiger partial charge in [-0.15, -0.1) is 0 Å². The Morgan fingerprint density at radius 1 is 1.73 bits per heavy atom. The first kappa shape index (κ1) is 12.5. The van der Waals surface area contributed by atoms with Crippen LogP contribution in [0.4, 0.5) is 4.79 Å². The summed E-state index contributed by atoms with van der Waals surface area (Å²) in [6, 6.07) is -0.174. The second-order valence-electron chi connectivity index (χ2n) is 3.89. The summed E-state index contributed by atoms with van der Waals surface area (Å²) in [4.78, 5) is 13.4. The molecule has 0 aliphatic carbocycles. The number of hydrogen-bond acceptors (Lipinski definition) is 2. The van der Waals surface area contributed by atoms with Gasteiger partial charge in [0.25, 0.3) is 0 Å². The van der Waals surface area contributed by atoms with Crippen molar-refractivity contribution >= 4 is 22.0 Å². The molecule has 86 valence electrons. The molecule has 1 aliphatic heterocycles. The zero-order valence-electron chi connectivity index (χ0n) is 8.87. The molecule has 5 heteroatoms. The quantitative estimate of drug-likeness (QED) is 0.817. The Balaban J connectivity index is 2.48.